The molecule has 1 aliphatic carbocycles. The van der Waals surface area contributed by atoms with Crippen molar-refractivity contribution in [3.8, 4) is 0 Å². The van der Waals surface area contributed by atoms with E-state index < -0.39 is 42.5 Å². The number of anilines is 1. The van der Waals surface area contributed by atoms with Gasteiger partial charge >= 0.3 is 0 Å². The van der Waals surface area contributed by atoms with Gasteiger partial charge < -0.3 is 21.5 Å². The van der Waals surface area contributed by atoms with Crippen LogP contribution in [0.1, 0.15) is 97.1 Å². The minimum Gasteiger partial charge on any atom is -0.380 e. The average molecular weight is 772 g/mol. The van der Waals surface area contributed by atoms with Crippen LogP contribution in [0, 0.1) is 0 Å². The average Bonchev–Trinajstić information content (AvgIpc) is 3.44. The molecule has 2 aromatic carbocycles. The minimum atomic E-state index is -4.50. The lowest BCUT2D eigenvalue weighted by molar-refractivity contribution is -0.438. The maximum Gasteiger partial charge on any atom is 0.294 e. The lowest BCUT2D eigenvalue weighted by Crippen LogP contribution is -2.51. The molecule has 53 heavy (non-hydrogen) atoms. The van der Waals surface area contributed by atoms with Gasteiger partial charge in [-0.05, 0) is 88.9 Å². The number of carbonyl (C=O) groups is 2. The Morgan fingerprint density at radius 3 is 2.08 bits per heavy atom. The summed E-state index contributed by atoms with van der Waals surface area (Å²) in [5.74, 6) is -0.402. The Balaban J connectivity index is 1.41. The fraction of sp³-hybridized carbons (Fsp3) is 0.500. The van der Waals surface area contributed by atoms with Gasteiger partial charge in [-0.2, -0.15) is 21.4 Å². The van der Waals surface area contributed by atoms with E-state index in [-0.39, 0.29) is 26.8 Å². The van der Waals surface area contributed by atoms with Gasteiger partial charge in [-0.15, -0.1) is 0 Å². The van der Waals surface area contributed by atoms with Gasteiger partial charge in [0.2, 0.25) is 11.6 Å². The molecular formula is C38H51N4O9S2+. The van der Waals surface area contributed by atoms with Crippen LogP contribution in [0.3, 0.4) is 0 Å². The Bertz CT molecular complexity index is 2150. The molecule has 1 amide bonds. The summed E-state index contributed by atoms with van der Waals surface area (Å²) in [6.45, 7) is 10.7. The number of hydrogen-bond acceptors (Lipinski definition) is 9. The van der Waals surface area contributed by atoms with E-state index in [0.29, 0.717) is 72.8 Å². The number of nitrogens with one attached hydrogen (secondary N) is 2. The van der Waals surface area contributed by atoms with Gasteiger partial charge in [0.05, 0.1) is 20.8 Å². The molecule has 288 valence electrons. The van der Waals surface area contributed by atoms with E-state index in [0.717, 1.165) is 32.1 Å². The van der Waals surface area contributed by atoms with Crippen molar-refractivity contribution in [3.05, 3.63) is 70.4 Å². The molecule has 0 spiro atoms. The predicted molar refractivity (Wildman–Crippen MR) is 202 cm³/mol. The van der Waals surface area contributed by atoms with Gasteiger partial charge in [0.1, 0.15) is 12.1 Å². The maximum absolute atomic E-state index is 14.0. The summed E-state index contributed by atoms with van der Waals surface area (Å²) >= 11 is 0. The number of rotatable bonds is 15. The number of fused-ring (bicyclic) bond motifs is 2. The number of amides is 1. The van der Waals surface area contributed by atoms with Crippen LogP contribution in [-0.2, 0) is 40.7 Å². The normalized spacial score (nSPS) is 22.4. The van der Waals surface area contributed by atoms with E-state index in [9.17, 15) is 40.6 Å². The molecule has 0 aromatic heterocycles. The van der Waals surface area contributed by atoms with Crippen LogP contribution >= 0.6 is 0 Å². The number of carbonyl (C=O) groups excluding carboxylic acids is 2. The Labute approximate surface area is 311 Å². The van der Waals surface area contributed by atoms with E-state index in [1.807, 2.05) is 18.4 Å². The van der Waals surface area contributed by atoms with Crippen molar-refractivity contribution < 1.29 is 45.2 Å². The van der Waals surface area contributed by atoms with Crippen molar-refractivity contribution in [2.24, 2.45) is 5.73 Å². The molecule has 2 aliphatic heterocycles. The summed E-state index contributed by atoms with van der Waals surface area (Å²) in [5.41, 5.74) is 5.77. The Hall–Kier alpha value is -3.73. The monoisotopic (exact) mass is 771 g/mol. The highest BCUT2D eigenvalue weighted by atomic mass is 32.2. The number of benzene rings is 2. The minimum absolute atomic E-state index is 0.00347. The summed E-state index contributed by atoms with van der Waals surface area (Å²) in [7, 11) is -8.98. The van der Waals surface area contributed by atoms with Crippen LogP contribution < -0.4 is 16.4 Å². The fourth-order valence-corrected chi connectivity index (χ4v) is 8.66. The lowest BCUT2D eigenvalue weighted by Gasteiger charge is -2.41. The first kappa shape index (κ1) is 40.5. The highest BCUT2D eigenvalue weighted by Crippen LogP contribution is 2.52. The molecule has 5 rings (SSSR count). The van der Waals surface area contributed by atoms with Crippen molar-refractivity contribution in [2.75, 3.05) is 25.0 Å². The predicted octanol–water partition coefficient (Wildman–Crippen LogP) is 4.67. The first-order chi connectivity index (χ1) is 24.6. The summed E-state index contributed by atoms with van der Waals surface area (Å²) in [5, 5.41) is 18.1. The molecule has 2 aromatic rings. The first-order valence-electron chi connectivity index (χ1n) is 18.0. The van der Waals surface area contributed by atoms with E-state index in [1.54, 1.807) is 26.0 Å². The number of unbranched alkanes of at least 4 members (excludes halogenated alkanes) is 5. The molecule has 15 heteroatoms. The number of nitrogens with two attached hydrogens (primary N) is 1. The molecule has 0 bridgehead atoms. The number of aliphatic hydroxyl groups is 1. The number of nitrogens with zero attached hydrogens (tertiary/aromatic N) is 1. The van der Waals surface area contributed by atoms with Crippen LogP contribution in [0.25, 0.3) is 0 Å². The van der Waals surface area contributed by atoms with Crippen molar-refractivity contribution in [1.82, 2.24) is 5.32 Å². The van der Waals surface area contributed by atoms with Gasteiger partial charge in [-0.25, -0.2) is 0 Å². The topological polar surface area (TPSA) is 216 Å². The zero-order valence-corrected chi connectivity index (χ0v) is 32.6. The van der Waals surface area contributed by atoms with Crippen molar-refractivity contribution in [1.29, 1.82) is 0 Å². The quantitative estimate of drug-likeness (QED) is 0.0633. The van der Waals surface area contributed by atoms with Crippen molar-refractivity contribution in [3.63, 3.8) is 0 Å². The van der Waals surface area contributed by atoms with E-state index in [4.69, 9.17) is 5.73 Å². The zero-order valence-electron chi connectivity index (χ0n) is 31.0. The van der Waals surface area contributed by atoms with Crippen LogP contribution in [0.5, 0.6) is 0 Å². The molecule has 13 nitrogen and oxygen atoms in total. The number of allylic oxidation sites excluding steroid dienone is 2. The highest BCUT2D eigenvalue weighted by molar-refractivity contribution is 7.86. The standard InChI is InChI=1S/C38H50N4O9S2/c1-36(2)27-22-25(53(49,50)51)15-17-30(27)42(20-12-8-9-13-32(43)40-19-11-7-6-10-18-39)31(36)23-28-34(44)33(38(28,5)45)35-37(3,4)26-21-24(52(46,47)48)14-16-29(26)41-35/h14-17,21-23,45H,6-13,18-20,39H2,1-5H3,(H3-,40,41,43,44,46,47,48,49,50,51)/p+1. The summed E-state index contributed by atoms with van der Waals surface area (Å²) in [6.07, 6.45) is 8.10. The molecule has 1 saturated carbocycles. The van der Waals surface area contributed by atoms with Crippen LogP contribution in [0.15, 0.2) is 69.1 Å². The zero-order chi connectivity index (χ0) is 39.1. The Morgan fingerprint density at radius 2 is 1.45 bits per heavy atom. The van der Waals surface area contributed by atoms with E-state index in [1.165, 1.54) is 37.3 Å². The first-order valence-corrected chi connectivity index (χ1v) is 20.9. The summed E-state index contributed by atoms with van der Waals surface area (Å²) in [6, 6.07) is 8.51. The second-order valence-corrected chi connectivity index (χ2v) is 18.2. The highest BCUT2D eigenvalue weighted by Gasteiger charge is 2.56. The molecule has 1 unspecified atom stereocenters. The maximum atomic E-state index is 14.0. The fourth-order valence-electron chi connectivity index (χ4n) is 7.65. The van der Waals surface area contributed by atoms with E-state index in [2.05, 4.69) is 10.6 Å². The number of hydrogen-bond donors (Lipinski definition) is 6. The van der Waals surface area contributed by atoms with Gasteiger partial charge in [0, 0.05) is 59.5 Å². The van der Waals surface area contributed by atoms with Gasteiger partial charge in [0.15, 0.2) is 11.5 Å². The third-order valence-electron chi connectivity index (χ3n) is 10.8. The molecule has 0 saturated heterocycles. The largest absolute Gasteiger partial charge is 0.380 e. The molecule has 7 N–H and O–H groups in total. The molecule has 3 aliphatic rings. The van der Waals surface area contributed by atoms with Crippen LogP contribution in [0.4, 0.5) is 11.4 Å². The van der Waals surface area contributed by atoms with Crippen LogP contribution in [-0.4, -0.2) is 78.3 Å². The SMILES string of the molecule is CC1(O)C(=CC2=[N+](CCCCCC(=O)NCCCCCCN)c3ccc(S(=O)(=O)O)cc3C2(C)C)C(=O)/C1=C1/Nc2ccc(S(=O)(=O)O)cc2C1(C)C. The third-order valence-corrected chi connectivity index (χ3v) is 12.5. The molecule has 1 atom stereocenters. The van der Waals surface area contributed by atoms with Crippen LogP contribution in [0.2, 0.25) is 0 Å². The van der Waals surface area contributed by atoms with Gasteiger partial charge in [-0.3, -0.25) is 18.7 Å². The second-order valence-electron chi connectivity index (χ2n) is 15.3. The molecular weight excluding hydrogens is 721 g/mol. The second kappa shape index (κ2) is 14.8. The summed E-state index contributed by atoms with van der Waals surface area (Å²) in [4.78, 5) is 25.9. The molecule has 0 radical (unpaired) electrons. The van der Waals surface area contributed by atoms with E-state index >= 15 is 0 Å². The molecule has 1 fully saturated rings. The van der Waals surface area contributed by atoms with Crippen molar-refractivity contribution >= 4 is 49.0 Å². The summed E-state index contributed by atoms with van der Waals surface area (Å²) < 4.78 is 69.4. The number of Topliss-reactive ketones (excluding diaryl/α,β-unsaturated/α-hetero) is 1. The number of ketones is 1. The van der Waals surface area contributed by atoms with Gasteiger partial charge in [0.25, 0.3) is 20.2 Å². The Kier molecular flexibility index (Phi) is 11.3. The van der Waals surface area contributed by atoms with Crippen molar-refractivity contribution in [2.45, 2.75) is 112 Å². The molecule has 2 heterocycles. The Morgan fingerprint density at radius 1 is 0.849 bits per heavy atom. The third kappa shape index (κ3) is 7.91. The lowest BCUT2D eigenvalue weighted by atomic mass is 9.64. The smallest absolute Gasteiger partial charge is 0.294 e. The van der Waals surface area contributed by atoms with Gasteiger partial charge in [-0.1, -0.05) is 26.7 Å².